The van der Waals surface area contributed by atoms with Gasteiger partial charge in [0.05, 0.1) is 5.69 Å². The first kappa shape index (κ1) is 14.3. The van der Waals surface area contributed by atoms with E-state index in [1.165, 1.54) is 18.6 Å². The van der Waals surface area contributed by atoms with Crippen molar-refractivity contribution in [2.75, 3.05) is 11.9 Å². The summed E-state index contributed by atoms with van der Waals surface area (Å²) in [6.45, 7) is 4.09. The molecule has 0 N–H and O–H groups in total. The van der Waals surface area contributed by atoms with Crippen molar-refractivity contribution in [1.82, 2.24) is 0 Å². The Balaban J connectivity index is 2.21. The van der Waals surface area contributed by atoms with Crippen LogP contribution >= 0.6 is 0 Å². The van der Waals surface area contributed by atoms with Crippen molar-refractivity contribution in [2.45, 2.75) is 20.4 Å². The summed E-state index contributed by atoms with van der Waals surface area (Å²) in [5.74, 6) is -0.496. The van der Waals surface area contributed by atoms with Gasteiger partial charge in [-0.1, -0.05) is 29.8 Å². The summed E-state index contributed by atoms with van der Waals surface area (Å²) in [4.78, 5) is 13.1. The summed E-state index contributed by atoms with van der Waals surface area (Å²) in [6.07, 6.45) is 0. The second kappa shape index (κ2) is 5.87. The Morgan fingerprint density at radius 2 is 1.95 bits per heavy atom. The van der Waals surface area contributed by atoms with E-state index in [1.807, 2.05) is 37.1 Å². The molecular weight excluding hydrogens is 253 g/mol. The summed E-state index contributed by atoms with van der Waals surface area (Å²) >= 11 is 0. The van der Waals surface area contributed by atoms with Crippen LogP contribution in [-0.2, 0) is 6.54 Å². The summed E-state index contributed by atoms with van der Waals surface area (Å²) in [5, 5.41) is 0. The van der Waals surface area contributed by atoms with Gasteiger partial charge in [0, 0.05) is 19.2 Å². The topological polar surface area (TPSA) is 20.3 Å². The van der Waals surface area contributed by atoms with E-state index in [1.54, 1.807) is 12.1 Å². The molecule has 0 bridgehead atoms. The smallest absolute Gasteiger partial charge is 0.159 e. The van der Waals surface area contributed by atoms with Gasteiger partial charge in [-0.2, -0.15) is 0 Å². The van der Waals surface area contributed by atoms with E-state index in [9.17, 15) is 9.18 Å². The maximum Gasteiger partial charge on any atom is 0.159 e. The van der Waals surface area contributed by atoms with E-state index < -0.39 is 0 Å². The van der Waals surface area contributed by atoms with Gasteiger partial charge in [-0.3, -0.25) is 4.79 Å². The molecule has 2 nitrogen and oxygen atoms in total. The maximum absolute atomic E-state index is 14.0. The molecule has 0 fully saturated rings. The number of carbonyl (C=O) groups excluding carboxylic acids is 1. The predicted molar refractivity (Wildman–Crippen MR) is 79.7 cm³/mol. The third kappa shape index (κ3) is 3.23. The minimum Gasteiger partial charge on any atom is -0.368 e. The zero-order chi connectivity index (χ0) is 14.7. The fourth-order valence-corrected chi connectivity index (χ4v) is 2.20. The highest BCUT2D eigenvalue weighted by Crippen LogP contribution is 2.21. The lowest BCUT2D eigenvalue weighted by molar-refractivity contribution is 0.101. The van der Waals surface area contributed by atoms with Gasteiger partial charge in [0.15, 0.2) is 5.78 Å². The van der Waals surface area contributed by atoms with Crippen molar-refractivity contribution in [3.8, 4) is 0 Å². The van der Waals surface area contributed by atoms with Crippen molar-refractivity contribution in [1.29, 1.82) is 0 Å². The Bertz CT molecular complexity index is 637. The van der Waals surface area contributed by atoms with E-state index in [-0.39, 0.29) is 11.6 Å². The molecule has 2 aromatic carbocycles. The number of Topliss-reactive ketones (excluding diaryl/α,β-unsaturated/α-hetero) is 1. The van der Waals surface area contributed by atoms with E-state index in [0.717, 1.165) is 5.56 Å². The van der Waals surface area contributed by atoms with Crippen LogP contribution in [0, 0.1) is 12.7 Å². The van der Waals surface area contributed by atoms with Crippen molar-refractivity contribution < 1.29 is 9.18 Å². The molecule has 0 aliphatic carbocycles. The molecule has 0 heterocycles. The standard InChI is InChI=1S/C17H18FNO/c1-12-5-4-6-14(9-12)11-19(3)17-8-7-15(13(2)20)10-16(17)18/h4-10H,11H2,1-3H3. The Labute approximate surface area is 118 Å². The van der Waals surface area contributed by atoms with E-state index in [4.69, 9.17) is 0 Å². The van der Waals surface area contributed by atoms with Crippen molar-refractivity contribution in [2.24, 2.45) is 0 Å². The maximum atomic E-state index is 14.0. The van der Waals surface area contributed by atoms with Crippen LogP contribution in [-0.4, -0.2) is 12.8 Å². The number of hydrogen-bond acceptors (Lipinski definition) is 2. The molecule has 3 heteroatoms. The molecule has 0 radical (unpaired) electrons. The predicted octanol–water partition coefficient (Wildman–Crippen LogP) is 3.97. The number of nitrogens with zero attached hydrogens (tertiary/aromatic N) is 1. The Morgan fingerprint density at radius 3 is 2.55 bits per heavy atom. The van der Waals surface area contributed by atoms with Crippen molar-refractivity contribution in [3.05, 3.63) is 65.0 Å². The third-order valence-electron chi connectivity index (χ3n) is 3.27. The Hall–Kier alpha value is -2.16. The van der Waals surface area contributed by atoms with Gasteiger partial charge in [0.1, 0.15) is 5.82 Å². The molecule has 0 spiro atoms. The second-order valence-corrected chi connectivity index (χ2v) is 5.07. The minimum absolute atomic E-state index is 0.128. The molecule has 0 saturated carbocycles. The van der Waals surface area contributed by atoms with Gasteiger partial charge < -0.3 is 4.90 Å². The average molecular weight is 271 g/mol. The first-order valence-electron chi connectivity index (χ1n) is 6.54. The van der Waals surface area contributed by atoms with E-state index in [2.05, 4.69) is 6.07 Å². The lowest BCUT2D eigenvalue weighted by atomic mass is 10.1. The van der Waals surface area contributed by atoms with E-state index in [0.29, 0.717) is 17.8 Å². The number of carbonyl (C=O) groups is 1. The summed E-state index contributed by atoms with van der Waals surface area (Å²) in [7, 11) is 1.84. The first-order chi connectivity index (χ1) is 9.47. The van der Waals surface area contributed by atoms with Crippen LogP contribution in [0.25, 0.3) is 0 Å². The molecule has 0 aliphatic rings. The molecule has 20 heavy (non-hydrogen) atoms. The Kier molecular flexibility index (Phi) is 4.18. The zero-order valence-electron chi connectivity index (χ0n) is 12.0. The lowest BCUT2D eigenvalue weighted by Crippen LogP contribution is -2.18. The average Bonchev–Trinajstić information content (AvgIpc) is 2.38. The summed E-state index contributed by atoms with van der Waals surface area (Å²) in [6, 6.07) is 12.7. The van der Waals surface area contributed by atoms with Crippen LogP contribution < -0.4 is 4.90 Å². The number of aryl methyl sites for hydroxylation is 1. The minimum atomic E-state index is -0.368. The van der Waals surface area contributed by atoms with Gasteiger partial charge >= 0.3 is 0 Å². The SMILES string of the molecule is CC(=O)c1ccc(N(C)Cc2cccc(C)c2)c(F)c1. The van der Waals surface area contributed by atoms with Gasteiger partial charge in [-0.15, -0.1) is 0 Å². The third-order valence-corrected chi connectivity index (χ3v) is 3.27. The molecule has 0 saturated heterocycles. The van der Waals surface area contributed by atoms with Gasteiger partial charge in [0.25, 0.3) is 0 Å². The molecule has 0 amide bonds. The monoisotopic (exact) mass is 271 g/mol. The lowest BCUT2D eigenvalue weighted by Gasteiger charge is -2.20. The van der Waals surface area contributed by atoms with Crippen molar-refractivity contribution in [3.63, 3.8) is 0 Å². The van der Waals surface area contributed by atoms with Gasteiger partial charge in [-0.05, 0) is 37.6 Å². The number of hydrogen-bond donors (Lipinski definition) is 0. The molecule has 0 atom stereocenters. The van der Waals surface area contributed by atoms with Crippen LogP contribution in [0.3, 0.4) is 0 Å². The van der Waals surface area contributed by atoms with E-state index >= 15 is 0 Å². The van der Waals surface area contributed by atoms with Crippen molar-refractivity contribution >= 4 is 11.5 Å². The normalized spacial score (nSPS) is 10.4. The summed E-state index contributed by atoms with van der Waals surface area (Å²) < 4.78 is 14.0. The number of halogens is 1. The van der Waals surface area contributed by atoms with Gasteiger partial charge in [-0.25, -0.2) is 4.39 Å². The largest absolute Gasteiger partial charge is 0.368 e. The zero-order valence-corrected chi connectivity index (χ0v) is 12.0. The van der Waals surface area contributed by atoms with Gasteiger partial charge in [0.2, 0.25) is 0 Å². The highest BCUT2D eigenvalue weighted by Gasteiger charge is 2.10. The molecule has 2 aromatic rings. The molecule has 104 valence electrons. The number of rotatable bonds is 4. The van der Waals surface area contributed by atoms with Crippen LogP contribution in [0.5, 0.6) is 0 Å². The fourth-order valence-electron chi connectivity index (χ4n) is 2.20. The second-order valence-electron chi connectivity index (χ2n) is 5.07. The molecule has 0 aliphatic heterocycles. The molecule has 2 rings (SSSR count). The van der Waals surface area contributed by atoms with Crippen LogP contribution in [0.2, 0.25) is 0 Å². The quantitative estimate of drug-likeness (QED) is 0.784. The fraction of sp³-hybridized carbons (Fsp3) is 0.235. The number of anilines is 1. The highest BCUT2D eigenvalue weighted by molar-refractivity contribution is 5.94. The highest BCUT2D eigenvalue weighted by atomic mass is 19.1. The number of ketones is 1. The Morgan fingerprint density at radius 1 is 1.20 bits per heavy atom. The summed E-state index contributed by atoms with van der Waals surface area (Å²) in [5.41, 5.74) is 3.21. The molecule has 0 unspecified atom stereocenters. The van der Waals surface area contributed by atoms with Crippen LogP contribution in [0.15, 0.2) is 42.5 Å². The number of benzene rings is 2. The molecular formula is C17H18FNO. The van der Waals surface area contributed by atoms with Crippen LogP contribution in [0.1, 0.15) is 28.4 Å². The first-order valence-corrected chi connectivity index (χ1v) is 6.54. The molecule has 0 aromatic heterocycles. The van der Waals surface area contributed by atoms with Crippen LogP contribution in [0.4, 0.5) is 10.1 Å².